The highest BCUT2D eigenvalue weighted by Crippen LogP contribution is 2.16. The number of nitrogens with zero attached hydrogens (tertiary/aromatic N) is 1. The van der Waals surface area contributed by atoms with Gasteiger partial charge in [0.25, 0.3) is 0 Å². The molecule has 0 unspecified atom stereocenters. The lowest BCUT2D eigenvalue weighted by Crippen LogP contribution is -2.39. The van der Waals surface area contributed by atoms with Gasteiger partial charge in [-0.3, -0.25) is 9.59 Å². The number of carbonyl (C=O) groups is 2. The monoisotopic (exact) mass is 328 g/mol. The van der Waals surface area contributed by atoms with Crippen LogP contribution in [0, 0.1) is 5.82 Å². The van der Waals surface area contributed by atoms with Crippen LogP contribution in [-0.2, 0) is 22.6 Å². The highest BCUT2D eigenvalue weighted by atomic mass is 19.1. The highest BCUT2D eigenvalue weighted by molar-refractivity contribution is 5.97. The first-order valence-corrected chi connectivity index (χ1v) is 7.88. The van der Waals surface area contributed by atoms with Gasteiger partial charge in [-0.15, -0.1) is 0 Å². The number of halogens is 1. The summed E-state index contributed by atoms with van der Waals surface area (Å²) in [7, 11) is 0. The molecule has 5 heteroatoms. The minimum atomic E-state index is -0.364. The van der Waals surface area contributed by atoms with Crippen LogP contribution in [0.3, 0.4) is 0 Å². The van der Waals surface area contributed by atoms with Crippen LogP contribution < -0.4 is 10.2 Å². The number of nitrogens with one attached hydrogen (secondary N) is 1. The van der Waals surface area contributed by atoms with E-state index in [2.05, 4.69) is 5.32 Å². The van der Waals surface area contributed by atoms with E-state index in [9.17, 15) is 14.0 Å². The van der Waals surface area contributed by atoms with Gasteiger partial charge >= 0.3 is 0 Å². The van der Waals surface area contributed by atoms with Crippen molar-refractivity contribution in [3.63, 3.8) is 0 Å². The summed E-state index contributed by atoms with van der Waals surface area (Å²) >= 11 is 0. The normalized spacial score (nSPS) is 10.3. The van der Waals surface area contributed by atoms with E-state index in [0.29, 0.717) is 11.3 Å². The number of benzene rings is 2. The molecule has 2 amide bonds. The van der Waals surface area contributed by atoms with Crippen molar-refractivity contribution in [3.05, 3.63) is 65.5 Å². The Hall–Kier alpha value is -2.69. The van der Waals surface area contributed by atoms with Gasteiger partial charge in [0.15, 0.2) is 0 Å². The molecular formula is C19H21FN2O2. The Balaban J connectivity index is 2.00. The van der Waals surface area contributed by atoms with Crippen LogP contribution in [0.25, 0.3) is 0 Å². The van der Waals surface area contributed by atoms with E-state index in [-0.39, 0.29) is 30.7 Å². The molecule has 0 saturated carbocycles. The van der Waals surface area contributed by atoms with Crippen LogP contribution in [0.2, 0.25) is 0 Å². The van der Waals surface area contributed by atoms with E-state index in [4.69, 9.17) is 0 Å². The quantitative estimate of drug-likeness (QED) is 0.886. The highest BCUT2D eigenvalue weighted by Gasteiger charge is 2.16. The fraction of sp³-hybridized carbons (Fsp3) is 0.263. The summed E-state index contributed by atoms with van der Waals surface area (Å²) in [5.74, 6) is -0.926. The van der Waals surface area contributed by atoms with Gasteiger partial charge in [-0.05, 0) is 30.2 Å². The zero-order valence-corrected chi connectivity index (χ0v) is 13.9. The molecule has 1 N–H and O–H groups in total. The van der Waals surface area contributed by atoms with Crippen molar-refractivity contribution in [2.24, 2.45) is 0 Å². The summed E-state index contributed by atoms with van der Waals surface area (Å²) in [4.78, 5) is 25.4. The Bertz CT molecular complexity index is 714. The third kappa shape index (κ3) is 4.65. The Morgan fingerprint density at radius 3 is 2.33 bits per heavy atom. The second-order valence-corrected chi connectivity index (χ2v) is 5.49. The minimum Gasteiger partial charge on any atom is -0.350 e. The lowest BCUT2D eigenvalue weighted by molar-refractivity contribution is -0.123. The average molecular weight is 328 g/mol. The summed E-state index contributed by atoms with van der Waals surface area (Å²) in [6.07, 6.45) is 0.906. The maximum Gasteiger partial charge on any atom is 0.240 e. The van der Waals surface area contributed by atoms with E-state index in [1.165, 1.54) is 17.9 Å². The SMILES string of the molecule is CCc1ccc(N(CC(=O)NCc2ccccc2F)C(C)=O)cc1. The molecule has 0 atom stereocenters. The summed E-state index contributed by atoms with van der Waals surface area (Å²) in [6, 6.07) is 13.8. The number of aryl methyl sites for hydroxylation is 1. The number of amides is 2. The minimum absolute atomic E-state index is 0.0893. The molecule has 24 heavy (non-hydrogen) atoms. The Labute approximate surface area is 141 Å². The lowest BCUT2D eigenvalue weighted by Gasteiger charge is -2.21. The first kappa shape index (κ1) is 17.7. The molecule has 0 aliphatic carbocycles. The zero-order chi connectivity index (χ0) is 17.5. The third-order valence-electron chi connectivity index (χ3n) is 3.77. The Morgan fingerprint density at radius 1 is 1.08 bits per heavy atom. The molecule has 0 saturated heterocycles. The smallest absolute Gasteiger partial charge is 0.240 e. The number of hydrogen-bond donors (Lipinski definition) is 1. The van der Waals surface area contributed by atoms with Crippen molar-refractivity contribution in [2.45, 2.75) is 26.8 Å². The maximum absolute atomic E-state index is 13.6. The predicted molar refractivity (Wildman–Crippen MR) is 92.1 cm³/mol. The Kier molecular flexibility index (Phi) is 6.07. The molecule has 0 heterocycles. The van der Waals surface area contributed by atoms with E-state index >= 15 is 0 Å². The van der Waals surface area contributed by atoms with Gasteiger partial charge in [0.05, 0.1) is 0 Å². The first-order valence-electron chi connectivity index (χ1n) is 7.88. The van der Waals surface area contributed by atoms with Crippen molar-refractivity contribution in [3.8, 4) is 0 Å². The molecule has 0 aromatic heterocycles. The molecule has 2 rings (SSSR count). The molecule has 0 radical (unpaired) electrons. The van der Waals surface area contributed by atoms with Crippen molar-refractivity contribution < 1.29 is 14.0 Å². The number of carbonyl (C=O) groups excluding carboxylic acids is 2. The topological polar surface area (TPSA) is 49.4 Å². The number of hydrogen-bond acceptors (Lipinski definition) is 2. The maximum atomic E-state index is 13.6. The van der Waals surface area contributed by atoms with Crippen LogP contribution in [0.4, 0.5) is 10.1 Å². The van der Waals surface area contributed by atoms with Crippen LogP contribution in [-0.4, -0.2) is 18.4 Å². The van der Waals surface area contributed by atoms with Gasteiger partial charge in [-0.25, -0.2) is 4.39 Å². The Morgan fingerprint density at radius 2 is 1.75 bits per heavy atom. The number of rotatable bonds is 6. The van der Waals surface area contributed by atoms with Gasteiger partial charge in [0.2, 0.25) is 11.8 Å². The van der Waals surface area contributed by atoms with Crippen molar-refractivity contribution >= 4 is 17.5 Å². The van der Waals surface area contributed by atoms with Gasteiger partial charge in [0, 0.05) is 24.7 Å². The van der Waals surface area contributed by atoms with Gasteiger partial charge in [-0.2, -0.15) is 0 Å². The van der Waals surface area contributed by atoms with Crippen LogP contribution >= 0.6 is 0 Å². The molecule has 0 aliphatic heterocycles. The molecule has 2 aromatic carbocycles. The zero-order valence-electron chi connectivity index (χ0n) is 13.9. The standard InChI is InChI=1S/C19H21FN2O2/c1-3-15-8-10-17(11-9-15)22(14(2)23)13-19(24)21-12-16-6-4-5-7-18(16)20/h4-11H,3,12-13H2,1-2H3,(H,21,24). The van der Waals surface area contributed by atoms with Crippen LogP contribution in [0.5, 0.6) is 0 Å². The molecule has 0 aliphatic rings. The van der Waals surface area contributed by atoms with Gasteiger partial charge < -0.3 is 10.2 Å². The molecule has 0 fully saturated rings. The molecule has 0 spiro atoms. The van der Waals surface area contributed by atoms with Gasteiger partial charge in [0.1, 0.15) is 12.4 Å². The van der Waals surface area contributed by atoms with Crippen LogP contribution in [0.15, 0.2) is 48.5 Å². The fourth-order valence-corrected chi connectivity index (χ4v) is 2.33. The predicted octanol–water partition coefficient (Wildman–Crippen LogP) is 3.06. The lowest BCUT2D eigenvalue weighted by atomic mass is 10.1. The van der Waals surface area contributed by atoms with E-state index < -0.39 is 0 Å². The molecule has 4 nitrogen and oxygen atoms in total. The average Bonchev–Trinajstić information content (AvgIpc) is 2.59. The second-order valence-electron chi connectivity index (χ2n) is 5.49. The number of anilines is 1. The summed E-state index contributed by atoms with van der Waals surface area (Å²) in [5.41, 5.74) is 2.24. The van der Waals surface area contributed by atoms with E-state index in [1.807, 2.05) is 31.2 Å². The summed E-state index contributed by atoms with van der Waals surface area (Å²) < 4.78 is 13.6. The summed E-state index contributed by atoms with van der Waals surface area (Å²) in [6.45, 7) is 3.45. The third-order valence-corrected chi connectivity index (χ3v) is 3.77. The van der Waals surface area contributed by atoms with E-state index in [0.717, 1.165) is 12.0 Å². The van der Waals surface area contributed by atoms with E-state index in [1.54, 1.807) is 18.2 Å². The molecule has 126 valence electrons. The largest absolute Gasteiger partial charge is 0.350 e. The first-order chi connectivity index (χ1) is 11.5. The molecular weight excluding hydrogens is 307 g/mol. The van der Waals surface area contributed by atoms with Crippen LogP contribution in [0.1, 0.15) is 25.0 Å². The summed E-state index contributed by atoms with van der Waals surface area (Å²) in [5, 5.41) is 2.64. The molecule has 0 bridgehead atoms. The van der Waals surface area contributed by atoms with Crippen molar-refractivity contribution in [2.75, 3.05) is 11.4 Å². The van der Waals surface area contributed by atoms with Crippen molar-refractivity contribution in [1.82, 2.24) is 5.32 Å². The van der Waals surface area contributed by atoms with Gasteiger partial charge in [-0.1, -0.05) is 37.3 Å². The second kappa shape index (κ2) is 8.24. The fourth-order valence-electron chi connectivity index (χ4n) is 2.33. The van der Waals surface area contributed by atoms with Crippen molar-refractivity contribution in [1.29, 1.82) is 0 Å². The molecule has 2 aromatic rings.